The zero-order valence-corrected chi connectivity index (χ0v) is 16.4. The lowest BCUT2D eigenvalue weighted by Gasteiger charge is -2.22. The van der Waals surface area contributed by atoms with Gasteiger partial charge >= 0.3 is 0 Å². The molecule has 1 saturated carbocycles. The van der Waals surface area contributed by atoms with Crippen LogP contribution in [0.15, 0.2) is 35.8 Å². The summed E-state index contributed by atoms with van der Waals surface area (Å²) in [5.41, 5.74) is 3.14. The van der Waals surface area contributed by atoms with Gasteiger partial charge in [0.15, 0.2) is 4.96 Å². The molecule has 0 spiro atoms. The summed E-state index contributed by atoms with van der Waals surface area (Å²) in [5.74, 6) is 1.00. The Kier molecular flexibility index (Phi) is 5.43. The number of imidazole rings is 1. The zero-order valence-electron chi connectivity index (χ0n) is 15.6. The maximum atomic E-state index is 12.3. The van der Waals surface area contributed by atoms with Crippen molar-refractivity contribution in [2.75, 3.05) is 7.11 Å². The molecule has 1 aliphatic carbocycles. The molecule has 27 heavy (non-hydrogen) atoms. The summed E-state index contributed by atoms with van der Waals surface area (Å²) in [7, 11) is 1.66. The van der Waals surface area contributed by atoms with Gasteiger partial charge in [-0.1, -0.05) is 19.3 Å². The van der Waals surface area contributed by atoms with Gasteiger partial charge in [0.05, 0.1) is 12.8 Å². The van der Waals surface area contributed by atoms with E-state index >= 15 is 0 Å². The first-order valence-electron chi connectivity index (χ1n) is 9.62. The number of benzene rings is 1. The largest absolute Gasteiger partial charge is 0.497 e. The van der Waals surface area contributed by atoms with Crippen LogP contribution >= 0.6 is 11.3 Å². The molecule has 0 bridgehead atoms. The Morgan fingerprint density at radius 3 is 2.78 bits per heavy atom. The highest BCUT2D eigenvalue weighted by atomic mass is 32.1. The fraction of sp³-hybridized carbons (Fsp3) is 0.429. The molecule has 0 aliphatic heterocycles. The van der Waals surface area contributed by atoms with E-state index in [-0.39, 0.29) is 5.91 Å². The lowest BCUT2D eigenvalue weighted by atomic mass is 9.95. The fourth-order valence-electron chi connectivity index (χ4n) is 3.70. The lowest BCUT2D eigenvalue weighted by Crippen LogP contribution is -2.36. The number of hydrogen-bond acceptors (Lipinski definition) is 4. The number of hydrogen-bond donors (Lipinski definition) is 1. The van der Waals surface area contributed by atoms with Crippen LogP contribution in [0.2, 0.25) is 0 Å². The Morgan fingerprint density at radius 1 is 1.26 bits per heavy atom. The number of aryl methyl sites for hydroxylation is 1. The van der Waals surface area contributed by atoms with Gasteiger partial charge in [0, 0.05) is 35.3 Å². The Balaban J connectivity index is 1.41. The van der Waals surface area contributed by atoms with Gasteiger partial charge in [-0.05, 0) is 43.5 Å². The van der Waals surface area contributed by atoms with Gasteiger partial charge in [0.25, 0.3) is 0 Å². The normalized spacial score (nSPS) is 15.1. The minimum absolute atomic E-state index is 0.164. The predicted molar refractivity (Wildman–Crippen MR) is 108 cm³/mol. The Morgan fingerprint density at radius 2 is 2.04 bits per heavy atom. The number of aromatic nitrogens is 2. The van der Waals surface area contributed by atoms with E-state index in [0.717, 1.165) is 46.9 Å². The predicted octanol–water partition coefficient (Wildman–Crippen LogP) is 4.45. The SMILES string of the molecule is COc1ccc(-c2cn3c(CCC(=O)NC4CCCCC4)csc3n2)cc1. The molecule has 1 amide bonds. The second-order valence-electron chi connectivity index (χ2n) is 7.14. The number of rotatable bonds is 6. The highest BCUT2D eigenvalue weighted by Crippen LogP contribution is 2.26. The summed E-state index contributed by atoms with van der Waals surface area (Å²) in [6, 6.07) is 8.30. The number of thiazole rings is 1. The molecule has 2 aromatic heterocycles. The van der Waals surface area contributed by atoms with Gasteiger partial charge in [0.1, 0.15) is 5.75 Å². The molecule has 0 atom stereocenters. The van der Waals surface area contributed by atoms with Crippen molar-refractivity contribution in [2.24, 2.45) is 0 Å². The topological polar surface area (TPSA) is 55.6 Å². The third-order valence-electron chi connectivity index (χ3n) is 5.25. The van der Waals surface area contributed by atoms with Crippen molar-refractivity contribution < 1.29 is 9.53 Å². The summed E-state index contributed by atoms with van der Waals surface area (Å²) in [4.78, 5) is 18.0. The minimum Gasteiger partial charge on any atom is -0.497 e. The number of nitrogens with one attached hydrogen (secondary N) is 1. The van der Waals surface area contributed by atoms with Crippen molar-refractivity contribution in [3.8, 4) is 17.0 Å². The maximum Gasteiger partial charge on any atom is 0.220 e. The number of amides is 1. The highest BCUT2D eigenvalue weighted by molar-refractivity contribution is 7.15. The van der Waals surface area contributed by atoms with Crippen LogP contribution in [0.1, 0.15) is 44.2 Å². The smallest absolute Gasteiger partial charge is 0.220 e. The molecule has 5 nitrogen and oxygen atoms in total. The summed E-state index contributed by atoms with van der Waals surface area (Å²) in [6.07, 6.45) is 9.34. The summed E-state index contributed by atoms with van der Waals surface area (Å²) in [6.45, 7) is 0. The Bertz CT molecular complexity index is 907. The number of carbonyl (C=O) groups excluding carboxylic acids is 1. The average Bonchev–Trinajstić information content (AvgIpc) is 3.28. The van der Waals surface area contributed by atoms with Crippen molar-refractivity contribution in [3.05, 3.63) is 41.5 Å². The Labute approximate surface area is 163 Å². The molecule has 1 aliphatic rings. The minimum atomic E-state index is 0.164. The molecule has 1 aromatic carbocycles. The van der Waals surface area contributed by atoms with E-state index in [1.165, 1.54) is 19.3 Å². The van der Waals surface area contributed by atoms with Crippen LogP contribution < -0.4 is 10.1 Å². The van der Waals surface area contributed by atoms with E-state index in [0.29, 0.717) is 12.5 Å². The summed E-state index contributed by atoms with van der Waals surface area (Å²) >= 11 is 1.62. The van der Waals surface area contributed by atoms with Crippen LogP contribution in [-0.4, -0.2) is 28.4 Å². The molecule has 1 fully saturated rings. The molecule has 4 rings (SSSR count). The zero-order chi connectivity index (χ0) is 18.6. The molecule has 2 heterocycles. The molecular formula is C21H25N3O2S. The summed E-state index contributed by atoms with van der Waals surface area (Å²) in [5, 5.41) is 5.30. The maximum absolute atomic E-state index is 12.3. The molecule has 1 N–H and O–H groups in total. The summed E-state index contributed by atoms with van der Waals surface area (Å²) < 4.78 is 7.32. The van der Waals surface area contributed by atoms with Gasteiger partial charge in [0.2, 0.25) is 5.91 Å². The number of carbonyl (C=O) groups is 1. The molecule has 0 unspecified atom stereocenters. The van der Waals surface area contributed by atoms with Crippen molar-refractivity contribution in [1.82, 2.24) is 14.7 Å². The van der Waals surface area contributed by atoms with Crippen molar-refractivity contribution in [3.63, 3.8) is 0 Å². The lowest BCUT2D eigenvalue weighted by molar-refractivity contribution is -0.122. The van der Waals surface area contributed by atoms with Gasteiger partial charge in [-0.2, -0.15) is 0 Å². The van der Waals surface area contributed by atoms with Gasteiger partial charge in [-0.3, -0.25) is 9.20 Å². The average molecular weight is 384 g/mol. The second-order valence-corrected chi connectivity index (χ2v) is 7.97. The van der Waals surface area contributed by atoms with E-state index in [1.54, 1.807) is 18.4 Å². The Hall–Kier alpha value is -2.34. The standard InChI is InChI=1S/C21H25N3O2S/c1-26-18-10-7-15(8-11-18)19-13-24-17(14-27-21(24)23-19)9-12-20(25)22-16-5-3-2-4-6-16/h7-8,10-11,13-14,16H,2-6,9,12H2,1H3,(H,22,25). The van der Waals surface area contributed by atoms with Crippen molar-refractivity contribution >= 4 is 22.2 Å². The van der Waals surface area contributed by atoms with E-state index in [1.807, 2.05) is 24.3 Å². The monoisotopic (exact) mass is 383 g/mol. The van der Waals surface area contributed by atoms with Gasteiger partial charge in [-0.15, -0.1) is 11.3 Å². The van der Waals surface area contributed by atoms with Crippen LogP contribution in [0.3, 0.4) is 0 Å². The van der Waals surface area contributed by atoms with E-state index in [4.69, 9.17) is 9.72 Å². The number of ether oxygens (including phenoxy) is 1. The first-order chi connectivity index (χ1) is 13.2. The first-order valence-corrected chi connectivity index (χ1v) is 10.5. The van der Waals surface area contributed by atoms with Crippen LogP contribution in [0.4, 0.5) is 0 Å². The third-order valence-corrected chi connectivity index (χ3v) is 6.14. The van der Waals surface area contributed by atoms with Crippen molar-refractivity contribution in [1.29, 1.82) is 0 Å². The van der Waals surface area contributed by atoms with Gasteiger partial charge < -0.3 is 10.1 Å². The fourth-order valence-corrected chi connectivity index (χ4v) is 4.61. The van der Waals surface area contributed by atoms with Crippen LogP contribution in [0.5, 0.6) is 5.75 Å². The third kappa shape index (κ3) is 4.16. The second kappa shape index (κ2) is 8.13. The van der Waals surface area contributed by atoms with E-state index in [9.17, 15) is 4.79 Å². The molecular weight excluding hydrogens is 358 g/mol. The number of fused-ring (bicyclic) bond motifs is 1. The molecule has 0 radical (unpaired) electrons. The quantitative estimate of drug-likeness (QED) is 0.684. The molecule has 0 saturated heterocycles. The highest BCUT2D eigenvalue weighted by Gasteiger charge is 2.16. The first kappa shape index (κ1) is 18.0. The molecule has 6 heteroatoms. The molecule has 3 aromatic rings. The van der Waals surface area contributed by atoms with E-state index < -0.39 is 0 Å². The van der Waals surface area contributed by atoms with Gasteiger partial charge in [-0.25, -0.2) is 4.98 Å². The van der Waals surface area contributed by atoms with Crippen molar-refractivity contribution in [2.45, 2.75) is 51.0 Å². The number of methoxy groups -OCH3 is 1. The number of nitrogens with zero attached hydrogens (tertiary/aromatic N) is 2. The van der Waals surface area contributed by atoms with Crippen LogP contribution in [-0.2, 0) is 11.2 Å². The molecule has 142 valence electrons. The van der Waals surface area contributed by atoms with E-state index in [2.05, 4.69) is 21.3 Å². The van der Waals surface area contributed by atoms with Crippen LogP contribution in [0.25, 0.3) is 16.2 Å². The van der Waals surface area contributed by atoms with Crippen LogP contribution in [0, 0.1) is 0 Å².